The van der Waals surface area contributed by atoms with Crippen molar-refractivity contribution in [2.45, 2.75) is 27.7 Å². The Kier molecular flexibility index (Phi) is 3.70. The summed E-state index contributed by atoms with van der Waals surface area (Å²) in [5.41, 5.74) is 2.89. The molecule has 1 N–H and O–H groups in total. The maximum atomic E-state index is 7.32. The normalized spacial score (nSPS) is 13.6. The molecule has 1 nitrogen and oxygen atoms in total. The van der Waals surface area contributed by atoms with Crippen molar-refractivity contribution in [1.29, 1.82) is 5.41 Å². The topological polar surface area (TPSA) is 23.9 Å². The predicted octanol–water partition coefficient (Wildman–Crippen LogP) is 2.94. The summed E-state index contributed by atoms with van der Waals surface area (Å²) in [7, 11) is 0. The molecule has 0 aromatic carbocycles. The van der Waals surface area contributed by atoms with Gasteiger partial charge in [-0.05, 0) is 38.8 Å². The fraction of sp³-hybridized carbons (Fsp3) is 0.444. The lowest BCUT2D eigenvalue weighted by molar-refractivity contribution is 1.35. The Morgan fingerprint density at radius 2 is 1.70 bits per heavy atom. The Labute approximate surface area is 63.0 Å². The SMILES string of the molecule is C/C=C\C(C)=C(/C)C(C)=N. The van der Waals surface area contributed by atoms with Gasteiger partial charge in [-0.15, -0.1) is 0 Å². The first-order valence-corrected chi connectivity index (χ1v) is 3.45. The van der Waals surface area contributed by atoms with E-state index in [4.69, 9.17) is 5.41 Å². The van der Waals surface area contributed by atoms with E-state index in [9.17, 15) is 0 Å². The van der Waals surface area contributed by atoms with Crippen LogP contribution in [0.15, 0.2) is 23.3 Å². The molecule has 0 aromatic heterocycles. The van der Waals surface area contributed by atoms with E-state index in [0.717, 1.165) is 5.57 Å². The van der Waals surface area contributed by atoms with E-state index < -0.39 is 0 Å². The van der Waals surface area contributed by atoms with E-state index in [1.54, 1.807) is 0 Å². The van der Waals surface area contributed by atoms with Crippen molar-refractivity contribution in [3.8, 4) is 0 Å². The quantitative estimate of drug-likeness (QED) is 0.447. The second kappa shape index (κ2) is 4.04. The van der Waals surface area contributed by atoms with Gasteiger partial charge in [0.15, 0.2) is 0 Å². The summed E-state index contributed by atoms with van der Waals surface area (Å²) in [6, 6.07) is 0. The third-order valence-corrected chi connectivity index (χ3v) is 1.57. The Hall–Kier alpha value is -0.850. The van der Waals surface area contributed by atoms with Gasteiger partial charge in [0.25, 0.3) is 0 Å². The van der Waals surface area contributed by atoms with E-state index in [1.165, 1.54) is 5.57 Å². The number of allylic oxidation sites excluding steroid dienone is 4. The van der Waals surface area contributed by atoms with E-state index in [2.05, 4.69) is 0 Å². The summed E-state index contributed by atoms with van der Waals surface area (Å²) < 4.78 is 0. The first-order chi connectivity index (χ1) is 4.59. The first kappa shape index (κ1) is 9.15. The van der Waals surface area contributed by atoms with E-state index in [1.807, 2.05) is 39.8 Å². The van der Waals surface area contributed by atoms with Crippen molar-refractivity contribution in [3.63, 3.8) is 0 Å². The van der Waals surface area contributed by atoms with Gasteiger partial charge in [0, 0.05) is 5.71 Å². The van der Waals surface area contributed by atoms with Crippen LogP contribution in [0.2, 0.25) is 0 Å². The molecule has 0 bridgehead atoms. The van der Waals surface area contributed by atoms with E-state index >= 15 is 0 Å². The van der Waals surface area contributed by atoms with Crippen LogP contribution in [0.25, 0.3) is 0 Å². The third kappa shape index (κ3) is 2.62. The average molecular weight is 137 g/mol. The maximum Gasteiger partial charge on any atom is 0.0314 e. The molecule has 0 heterocycles. The van der Waals surface area contributed by atoms with Gasteiger partial charge in [-0.25, -0.2) is 0 Å². The summed E-state index contributed by atoms with van der Waals surface area (Å²) in [6.07, 6.45) is 4.01. The van der Waals surface area contributed by atoms with Crippen LogP contribution in [0, 0.1) is 5.41 Å². The molecule has 0 unspecified atom stereocenters. The molecule has 56 valence electrons. The number of hydrogen-bond donors (Lipinski definition) is 1. The molecule has 0 aliphatic carbocycles. The molecule has 1 heteroatoms. The molecule has 0 aromatic rings. The fourth-order valence-corrected chi connectivity index (χ4v) is 0.671. The van der Waals surface area contributed by atoms with E-state index in [0.29, 0.717) is 5.71 Å². The summed E-state index contributed by atoms with van der Waals surface area (Å²) in [5.74, 6) is 0. The Balaban J connectivity index is 4.50. The van der Waals surface area contributed by atoms with Crippen molar-refractivity contribution in [2.75, 3.05) is 0 Å². The molecule has 0 aliphatic rings. The lowest BCUT2D eigenvalue weighted by Crippen LogP contribution is -1.92. The highest BCUT2D eigenvalue weighted by molar-refractivity contribution is 5.96. The van der Waals surface area contributed by atoms with Gasteiger partial charge >= 0.3 is 0 Å². The minimum atomic E-state index is 0.649. The third-order valence-electron chi connectivity index (χ3n) is 1.57. The zero-order valence-corrected chi connectivity index (χ0v) is 7.15. The van der Waals surface area contributed by atoms with Crippen molar-refractivity contribution in [1.82, 2.24) is 0 Å². The fourth-order valence-electron chi connectivity index (χ4n) is 0.671. The Morgan fingerprint density at radius 3 is 2.00 bits per heavy atom. The monoisotopic (exact) mass is 137 g/mol. The summed E-state index contributed by atoms with van der Waals surface area (Å²) in [5, 5.41) is 7.32. The summed E-state index contributed by atoms with van der Waals surface area (Å²) in [6.45, 7) is 7.78. The van der Waals surface area contributed by atoms with Gasteiger partial charge in [-0.1, -0.05) is 12.2 Å². The second-order valence-electron chi connectivity index (χ2n) is 2.43. The van der Waals surface area contributed by atoms with Gasteiger partial charge in [-0.3, -0.25) is 0 Å². The lowest BCUT2D eigenvalue weighted by atomic mass is 10.1. The summed E-state index contributed by atoms with van der Waals surface area (Å²) >= 11 is 0. The molecule has 0 saturated carbocycles. The van der Waals surface area contributed by atoms with Gasteiger partial charge in [0.05, 0.1) is 0 Å². The molecular weight excluding hydrogens is 122 g/mol. The van der Waals surface area contributed by atoms with Gasteiger partial charge in [0.1, 0.15) is 0 Å². The molecule has 0 atom stereocenters. The molecular formula is C9H15N. The minimum Gasteiger partial charge on any atom is -0.305 e. The predicted molar refractivity (Wildman–Crippen MR) is 46.6 cm³/mol. The van der Waals surface area contributed by atoms with Gasteiger partial charge in [-0.2, -0.15) is 0 Å². The largest absolute Gasteiger partial charge is 0.305 e. The Morgan fingerprint density at radius 1 is 1.20 bits per heavy atom. The van der Waals surface area contributed by atoms with Crippen molar-refractivity contribution in [2.24, 2.45) is 0 Å². The molecule has 0 fully saturated rings. The zero-order valence-electron chi connectivity index (χ0n) is 7.15. The van der Waals surface area contributed by atoms with E-state index in [-0.39, 0.29) is 0 Å². The smallest absolute Gasteiger partial charge is 0.0314 e. The zero-order chi connectivity index (χ0) is 8.15. The van der Waals surface area contributed by atoms with Crippen molar-refractivity contribution in [3.05, 3.63) is 23.3 Å². The number of hydrogen-bond acceptors (Lipinski definition) is 1. The highest BCUT2D eigenvalue weighted by Crippen LogP contribution is 2.05. The standard InChI is InChI=1S/C9H15N/c1-5-6-7(2)8(3)9(4)10/h5-6,10H,1-4H3/b6-5-,8-7+,10-9?. The Bertz CT molecular complexity index is 185. The number of nitrogens with one attached hydrogen (secondary N) is 1. The average Bonchev–Trinajstić information content (AvgIpc) is 1.87. The maximum absolute atomic E-state index is 7.32. The number of rotatable bonds is 2. The molecule has 0 amide bonds. The van der Waals surface area contributed by atoms with Crippen LogP contribution >= 0.6 is 0 Å². The van der Waals surface area contributed by atoms with Gasteiger partial charge in [0.2, 0.25) is 0 Å². The van der Waals surface area contributed by atoms with Crippen LogP contribution in [0.3, 0.4) is 0 Å². The van der Waals surface area contributed by atoms with Crippen LogP contribution in [-0.4, -0.2) is 5.71 Å². The van der Waals surface area contributed by atoms with Crippen LogP contribution in [0.4, 0.5) is 0 Å². The lowest BCUT2D eigenvalue weighted by Gasteiger charge is -1.99. The van der Waals surface area contributed by atoms with Crippen LogP contribution in [-0.2, 0) is 0 Å². The molecule has 0 rings (SSSR count). The van der Waals surface area contributed by atoms with Gasteiger partial charge < -0.3 is 5.41 Å². The minimum absolute atomic E-state index is 0.649. The van der Waals surface area contributed by atoms with Crippen LogP contribution in [0.1, 0.15) is 27.7 Å². The van der Waals surface area contributed by atoms with Crippen LogP contribution < -0.4 is 0 Å². The first-order valence-electron chi connectivity index (χ1n) is 3.45. The van der Waals surface area contributed by atoms with Crippen molar-refractivity contribution >= 4 is 5.71 Å². The molecule has 0 spiro atoms. The van der Waals surface area contributed by atoms with Crippen molar-refractivity contribution < 1.29 is 0 Å². The molecule has 0 radical (unpaired) electrons. The highest BCUT2D eigenvalue weighted by atomic mass is 14.4. The second-order valence-corrected chi connectivity index (χ2v) is 2.43. The molecule has 10 heavy (non-hydrogen) atoms. The van der Waals surface area contributed by atoms with Crippen LogP contribution in [0.5, 0.6) is 0 Å². The molecule has 0 aliphatic heterocycles. The highest BCUT2D eigenvalue weighted by Gasteiger charge is 1.93. The summed E-state index contributed by atoms with van der Waals surface area (Å²) in [4.78, 5) is 0. The molecule has 0 saturated heterocycles.